The first kappa shape index (κ1) is 31.5. The highest BCUT2D eigenvalue weighted by atomic mass is 16.3. The molecule has 0 aliphatic rings. The Balaban J connectivity index is 1.12. The van der Waals surface area contributed by atoms with E-state index in [9.17, 15) is 0 Å². The topological polar surface area (TPSA) is 61.7 Å². The van der Waals surface area contributed by atoms with E-state index < -0.39 is 0 Å². The summed E-state index contributed by atoms with van der Waals surface area (Å²) in [6.45, 7) is 0. The van der Waals surface area contributed by atoms with Crippen molar-refractivity contribution >= 4 is 65.6 Å². The second-order valence-corrected chi connectivity index (χ2v) is 14.4. The van der Waals surface area contributed by atoms with Gasteiger partial charge in [-0.1, -0.05) is 127 Å². The molecule has 0 fully saturated rings. The van der Waals surface area contributed by atoms with Crippen LogP contribution in [0.4, 0.5) is 0 Å². The second-order valence-electron chi connectivity index (χ2n) is 14.4. The van der Waals surface area contributed by atoms with Crippen LogP contribution < -0.4 is 0 Å². The molecule has 0 aliphatic heterocycles. The van der Waals surface area contributed by atoms with Gasteiger partial charge in [-0.05, 0) is 60.7 Å². The molecule has 0 aliphatic carbocycles. The van der Waals surface area contributed by atoms with Crippen LogP contribution in [0.15, 0.2) is 192 Å². The molecule has 0 spiro atoms. The summed E-state index contributed by atoms with van der Waals surface area (Å²) < 4.78 is 11.3. The Hall–Kier alpha value is -7.83. The molecule has 0 amide bonds. The molecule has 0 bridgehead atoms. The Morgan fingerprint density at radius 1 is 0.333 bits per heavy atom. The van der Waals surface area contributed by atoms with Crippen LogP contribution in [0.1, 0.15) is 0 Å². The van der Waals surface area contributed by atoms with E-state index >= 15 is 0 Å². The van der Waals surface area contributed by atoms with Crippen LogP contribution in [0.3, 0.4) is 0 Å². The largest absolute Gasteiger partial charge is 0.456 e. The van der Waals surface area contributed by atoms with Gasteiger partial charge in [0.05, 0.1) is 22.1 Å². The van der Waals surface area contributed by atoms with E-state index in [4.69, 9.17) is 19.4 Å². The van der Waals surface area contributed by atoms with Crippen LogP contribution in [0.5, 0.6) is 0 Å². The Morgan fingerprint density at radius 2 is 0.877 bits per heavy atom. The van der Waals surface area contributed by atoms with Crippen molar-refractivity contribution in [2.24, 2.45) is 0 Å². The molecule has 4 heterocycles. The van der Waals surface area contributed by atoms with E-state index in [1.165, 1.54) is 27.1 Å². The molecule has 0 unspecified atom stereocenters. The van der Waals surface area contributed by atoms with Crippen molar-refractivity contribution in [3.8, 4) is 45.5 Å². The van der Waals surface area contributed by atoms with E-state index in [1.54, 1.807) is 0 Å². The van der Waals surface area contributed by atoms with Crippen molar-refractivity contribution in [2.45, 2.75) is 0 Å². The number of fused-ring (bicyclic) bond motifs is 9. The number of hydrogen-bond donors (Lipinski definition) is 0. The molecule has 6 nitrogen and oxygen atoms in total. The molecule has 0 N–H and O–H groups in total. The van der Waals surface area contributed by atoms with Gasteiger partial charge in [0.2, 0.25) is 0 Å². The maximum atomic E-state index is 6.56. The van der Waals surface area contributed by atoms with Gasteiger partial charge in [0.25, 0.3) is 0 Å². The lowest BCUT2D eigenvalue weighted by molar-refractivity contribution is 0.669. The maximum Gasteiger partial charge on any atom is 0.164 e. The average molecular weight is 730 g/mol. The summed E-state index contributed by atoms with van der Waals surface area (Å²) in [7, 11) is 0. The quantitative estimate of drug-likeness (QED) is 0.177. The molecule has 0 atom stereocenters. The van der Waals surface area contributed by atoms with E-state index in [1.807, 2.05) is 72.8 Å². The first-order valence-corrected chi connectivity index (χ1v) is 19.1. The van der Waals surface area contributed by atoms with E-state index in [0.29, 0.717) is 17.5 Å². The average Bonchev–Trinajstić information content (AvgIpc) is 3.93. The number of aromatic nitrogens is 5. The predicted octanol–water partition coefficient (Wildman–Crippen LogP) is 13.0. The third kappa shape index (κ3) is 4.87. The van der Waals surface area contributed by atoms with Gasteiger partial charge in [0.1, 0.15) is 11.2 Å². The highest BCUT2D eigenvalue weighted by Gasteiger charge is 2.21. The summed E-state index contributed by atoms with van der Waals surface area (Å²) in [5.74, 6) is 1.83. The molecule has 0 saturated carbocycles. The summed E-state index contributed by atoms with van der Waals surface area (Å²) in [6, 6.07) is 65.6. The molecule has 0 radical (unpaired) electrons. The Labute approximate surface area is 326 Å². The predicted molar refractivity (Wildman–Crippen MR) is 232 cm³/mol. The van der Waals surface area contributed by atoms with Crippen molar-refractivity contribution in [3.63, 3.8) is 0 Å². The van der Waals surface area contributed by atoms with Crippen LogP contribution in [0.2, 0.25) is 0 Å². The van der Waals surface area contributed by atoms with Crippen LogP contribution in [0, 0.1) is 0 Å². The Morgan fingerprint density at radius 3 is 1.51 bits per heavy atom. The van der Waals surface area contributed by atoms with Gasteiger partial charge in [-0.2, -0.15) is 0 Å². The van der Waals surface area contributed by atoms with Crippen molar-refractivity contribution < 1.29 is 4.42 Å². The zero-order chi connectivity index (χ0) is 37.5. The third-order valence-electron chi connectivity index (χ3n) is 11.2. The van der Waals surface area contributed by atoms with Crippen molar-refractivity contribution in [3.05, 3.63) is 188 Å². The van der Waals surface area contributed by atoms with Gasteiger partial charge in [0, 0.05) is 60.4 Å². The van der Waals surface area contributed by atoms with Gasteiger partial charge < -0.3 is 13.6 Å². The summed E-state index contributed by atoms with van der Waals surface area (Å²) in [5.41, 5.74) is 11.1. The number of benzene rings is 8. The molecule has 0 saturated heterocycles. The Kier molecular flexibility index (Phi) is 6.83. The smallest absolute Gasteiger partial charge is 0.164 e. The zero-order valence-electron chi connectivity index (χ0n) is 30.5. The molecule has 57 heavy (non-hydrogen) atoms. The van der Waals surface area contributed by atoms with Gasteiger partial charge in [-0.3, -0.25) is 0 Å². The van der Waals surface area contributed by atoms with Crippen molar-refractivity contribution in [2.75, 3.05) is 0 Å². The normalized spacial score (nSPS) is 11.9. The van der Waals surface area contributed by atoms with Crippen LogP contribution in [-0.4, -0.2) is 24.1 Å². The number of para-hydroxylation sites is 3. The monoisotopic (exact) mass is 729 g/mol. The fourth-order valence-electron chi connectivity index (χ4n) is 8.63. The summed E-state index contributed by atoms with van der Waals surface area (Å²) in [5, 5.41) is 6.83. The Bertz CT molecular complexity index is 3450. The number of rotatable bonds is 5. The second kappa shape index (κ2) is 12.3. The minimum atomic E-state index is 0.592. The molecular weight excluding hydrogens is 699 g/mol. The van der Waals surface area contributed by atoms with Crippen molar-refractivity contribution in [1.82, 2.24) is 24.1 Å². The fourth-order valence-corrected chi connectivity index (χ4v) is 8.63. The minimum absolute atomic E-state index is 0.592. The number of hydrogen-bond acceptors (Lipinski definition) is 4. The van der Waals surface area contributed by atoms with Crippen molar-refractivity contribution in [1.29, 1.82) is 0 Å². The lowest BCUT2D eigenvalue weighted by Gasteiger charge is -2.11. The van der Waals surface area contributed by atoms with E-state index in [2.05, 4.69) is 124 Å². The van der Waals surface area contributed by atoms with E-state index in [-0.39, 0.29) is 0 Å². The van der Waals surface area contributed by atoms with Gasteiger partial charge in [0.15, 0.2) is 17.5 Å². The third-order valence-corrected chi connectivity index (χ3v) is 11.2. The lowest BCUT2D eigenvalue weighted by Crippen LogP contribution is -2.00. The lowest BCUT2D eigenvalue weighted by atomic mass is 10.0. The van der Waals surface area contributed by atoms with Crippen LogP contribution in [0.25, 0.3) is 111 Å². The first-order valence-electron chi connectivity index (χ1n) is 19.1. The minimum Gasteiger partial charge on any atom is -0.456 e. The molecule has 12 aromatic rings. The number of furan rings is 1. The maximum absolute atomic E-state index is 6.56. The fraction of sp³-hybridized carbons (Fsp3) is 0. The summed E-state index contributed by atoms with van der Waals surface area (Å²) >= 11 is 0. The van der Waals surface area contributed by atoms with E-state index in [0.717, 1.165) is 66.6 Å². The SMILES string of the molecule is c1ccc(-c2nc(-c3ccccc3)nc(-c3cccc4oc5ccc(-n6c7ccccc7c7cc8c9ccccc9n(-c9ccccc9)c8cc76)cc5c34)n2)cc1. The molecular formula is C51H31N5O. The first-order chi connectivity index (χ1) is 28.3. The summed E-state index contributed by atoms with van der Waals surface area (Å²) in [6.07, 6.45) is 0. The van der Waals surface area contributed by atoms with Gasteiger partial charge in [-0.25, -0.2) is 15.0 Å². The summed E-state index contributed by atoms with van der Waals surface area (Å²) in [4.78, 5) is 15.1. The number of nitrogens with zero attached hydrogens (tertiary/aromatic N) is 5. The molecule has 4 aromatic heterocycles. The molecule has 12 rings (SSSR count). The van der Waals surface area contributed by atoms with Gasteiger partial charge >= 0.3 is 0 Å². The zero-order valence-corrected chi connectivity index (χ0v) is 30.5. The standard InChI is InChI=1S/C51H31N5O/c1-4-15-32(16-5-1)49-52-50(33-17-6-2-7-18-33)54-51(53-49)38-23-14-26-47-48(38)41-29-35(27-28-46(41)57-47)56-43-25-13-11-22-37(43)40-30-39-36-21-10-12-24-42(36)55(44(39)31-45(40)56)34-19-8-3-9-20-34/h1-31H. The molecule has 266 valence electrons. The highest BCUT2D eigenvalue weighted by molar-refractivity contribution is 6.19. The van der Waals surface area contributed by atoms with Gasteiger partial charge in [-0.15, -0.1) is 0 Å². The molecule has 6 heteroatoms. The van der Waals surface area contributed by atoms with Crippen LogP contribution in [-0.2, 0) is 0 Å². The van der Waals surface area contributed by atoms with Crippen LogP contribution >= 0.6 is 0 Å². The highest BCUT2D eigenvalue weighted by Crippen LogP contribution is 2.42. The molecule has 8 aromatic carbocycles.